The van der Waals surface area contributed by atoms with Crippen LogP contribution >= 0.6 is 15.9 Å². The molecule has 0 saturated heterocycles. The first-order valence-corrected chi connectivity index (χ1v) is 10.4. The second kappa shape index (κ2) is 8.62. The number of allylic oxidation sites excluding steroid dienone is 1. The van der Waals surface area contributed by atoms with Crippen LogP contribution in [-0.4, -0.2) is 15.7 Å². The van der Waals surface area contributed by atoms with Gasteiger partial charge in [0.25, 0.3) is 5.69 Å². The summed E-state index contributed by atoms with van der Waals surface area (Å²) in [5.74, 6) is -0.208. The number of carbonyl (C=O) groups is 1. The minimum absolute atomic E-state index is 0.0425. The molecule has 1 aromatic heterocycles. The Balaban J connectivity index is 1.93. The van der Waals surface area contributed by atoms with Crippen molar-refractivity contribution in [3.8, 4) is 11.1 Å². The maximum absolute atomic E-state index is 13.3. The zero-order chi connectivity index (χ0) is 22.0. The molecule has 0 amide bonds. The molecular weight excluding hydrogens is 456 g/mol. The summed E-state index contributed by atoms with van der Waals surface area (Å²) in [4.78, 5) is 28.8. The third-order valence-electron chi connectivity index (χ3n) is 4.97. The number of pyridine rings is 1. The van der Waals surface area contributed by atoms with Gasteiger partial charge in [-0.2, -0.15) is 0 Å². The normalized spacial score (nSPS) is 11.2. The SMILES string of the molecule is Cc1nc2ccc([N+](=O)[O-])cc2c(-c2ccccc2)c1C(=O)/C=C/c1ccc(Br)cc1. The molecule has 0 fully saturated rings. The van der Waals surface area contributed by atoms with Crippen LogP contribution in [-0.2, 0) is 0 Å². The lowest BCUT2D eigenvalue weighted by atomic mass is 9.91. The summed E-state index contributed by atoms with van der Waals surface area (Å²) in [6, 6.07) is 21.6. The summed E-state index contributed by atoms with van der Waals surface area (Å²) in [5.41, 5.74) is 3.92. The number of hydrogen-bond donors (Lipinski definition) is 0. The highest BCUT2D eigenvalue weighted by molar-refractivity contribution is 9.10. The molecular formula is C25H17BrN2O3. The fourth-order valence-corrected chi connectivity index (χ4v) is 3.79. The number of aryl methyl sites for hydroxylation is 1. The molecule has 0 aliphatic carbocycles. The van der Waals surface area contributed by atoms with Crippen LogP contribution in [0.25, 0.3) is 28.1 Å². The Kier molecular flexibility index (Phi) is 5.73. The first kappa shape index (κ1) is 20.6. The molecule has 0 saturated carbocycles. The van der Waals surface area contributed by atoms with Gasteiger partial charge in [0.05, 0.1) is 16.0 Å². The molecule has 0 spiro atoms. The average molecular weight is 473 g/mol. The number of nitro groups is 1. The maximum Gasteiger partial charge on any atom is 0.270 e. The lowest BCUT2D eigenvalue weighted by molar-refractivity contribution is -0.384. The molecule has 6 heteroatoms. The molecule has 0 atom stereocenters. The number of aromatic nitrogens is 1. The van der Waals surface area contributed by atoms with Gasteiger partial charge in [-0.05, 0) is 42.3 Å². The standard InChI is InChI=1S/C25H17BrN2O3/c1-16-24(23(29)14-9-17-7-10-19(26)11-8-17)25(18-5-3-2-4-6-18)21-15-20(28(30)31)12-13-22(21)27-16/h2-15H,1H3/b14-9+. The zero-order valence-electron chi connectivity index (χ0n) is 16.6. The number of benzene rings is 3. The molecule has 0 radical (unpaired) electrons. The Morgan fingerprint density at radius 1 is 1.03 bits per heavy atom. The molecule has 152 valence electrons. The van der Waals surface area contributed by atoms with Crippen LogP contribution < -0.4 is 0 Å². The summed E-state index contributed by atoms with van der Waals surface area (Å²) in [6.45, 7) is 1.79. The molecule has 4 aromatic rings. The van der Waals surface area contributed by atoms with Crippen LogP contribution in [0.4, 0.5) is 5.69 Å². The van der Waals surface area contributed by atoms with Crippen molar-refractivity contribution in [1.82, 2.24) is 4.98 Å². The second-order valence-corrected chi connectivity index (χ2v) is 7.94. The minimum Gasteiger partial charge on any atom is -0.289 e. The van der Waals surface area contributed by atoms with E-state index in [1.54, 1.807) is 19.1 Å². The van der Waals surface area contributed by atoms with Crippen molar-refractivity contribution in [2.24, 2.45) is 0 Å². The van der Waals surface area contributed by atoms with Gasteiger partial charge in [0.2, 0.25) is 0 Å². The number of carbonyl (C=O) groups excluding carboxylic acids is 1. The van der Waals surface area contributed by atoms with E-state index in [1.807, 2.05) is 54.6 Å². The third-order valence-corrected chi connectivity index (χ3v) is 5.49. The van der Waals surface area contributed by atoms with E-state index in [2.05, 4.69) is 20.9 Å². The number of rotatable bonds is 5. The van der Waals surface area contributed by atoms with Gasteiger partial charge in [-0.1, -0.05) is 64.5 Å². The summed E-state index contributed by atoms with van der Waals surface area (Å²) in [5, 5.41) is 11.9. The molecule has 31 heavy (non-hydrogen) atoms. The van der Waals surface area contributed by atoms with Gasteiger partial charge in [0.15, 0.2) is 5.78 Å². The quantitative estimate of drug-likeness (QED) is 0.139. The fourth-order valence-electron chi connectivity index (χ4n) is 3.52. The van der Waals surface area contributed by atoms with Crippen molar-refractivity contribution in [2.45, 2.75) is 6.92 Å². The Labute approximate surface area is 187 Å². The lowest BCUT2D eigenvalue weighted by Crippen LogP contribution is -2.05. The van der Waals surface area contributed by atoms with Crippen molar-refractivity contribution in [1.29, 1.82) is 0 Å². The van der Waals surface area contributed by atoms with E-state index in [-0.39, 0.29) is 11.5 Å². The van der Waals surface area contributed by atoms with E-state index in [0.29, 0.717) is 27.7 Å². The molecule has 0 aliphatic heterocycles. The summed E-state index contributed by atoms with van der Waals surface area (Å²) in [7, 11) is 0. The van der Waals surface area contributed by atoms with Gasteiger partial charge >= 0.3 is 0 Å². The van der Waals surface area contributed by atoms with E-state index in [1.165, 1.54) is 18.2 Å². The number of ketones is 1. The lowest BCUT2D eigenvalue weighted by Gasteiger charge is -2.14. The molecule has 4 rings (SSSR count). The molecule has 5 nitrogen and oxygen atoms in total. The number of nitro benzene ring substituents is 1. The second-order valence-electron chi connectivity index (χ2n) is 7.02. The number of nitrogens with zero attached hydrogens (tertiary/aromatic N) is 2. The molecule has 1 heterocycles. The van der Waals surface area contributed by atoms with Crippen LogP contribution in [0, 0.1) is 17.0 Å². The molecule has 0 aliphatic rings. The highest BCUT2D eigenvalue weighted by Gasteiger charge is 2.20. The van der Waals surface area contributed by atoms with Gasteiger partial charge in [-0.3, -0.25) is 19.9 Å². The van der Waals surface area contributed by atoms with E-state index in [4.69, 9.17) is 0 Å². The number of halogens is 1. The van der Waals surface area contributed by atoms with Crippen LogP contribution in [0.3, 0.4) is 0 Å². The van der Waals surface area contributed by atoms with E-state index >= 15 is 0 Å². The van der Waals surface area contributed by atoms with Crippen LogP contribution in [0.15, 0.2) is 83.3 Å². The number of hydrogen-bond acceptors (Lipinski definition) is 4. The Bertz CT molecular complexity index is 1330. The van der Waals surface area contributed by atoms with Crippen LogP contribution in [0.2, 0.25) is 0 Å². The monoisotopic (exact) mass is 472 g/mol. The molecule has 0 unspecified atom stereocenters. The van der Waals surface area contributed by atoms with Crippen molar-refractivity contribution in [2.75, 3.05) is 0 Å². The van der Waals surface area contributed by atoms with Gasteiger partial charge in [-0.25, -0.2) is 0 Å². The minimum atomic E-state index is -0.441. The maximum atomic E-state index is 13.3. The van der Waals surface area contributed by atoms with E-state index < -0.39 is 4.92 Å². The summed E-state index contributed by atoms with van der Waals surface area (Å²) >= 11 is 3.40. The van der Waals surface area contributed by atoms with E-state index in [9.17, 15) is 14.9 Å². The smallest absolute Gasteiger partial charge is 0.270 e. The van der Waals surface area contributed by atoms with Crippen LogP contribution in [0.1, 0.15) is 21.6 Å². The van der Waals surface area contributed by atoms with Gasteiger partial charge in [0.1, 0.15) is 0 Å². The Morgan fingerprint density at radius 3 is 2.42 bits per heavy atom. The highest BCUT2D eigenvalue weighted by atomic mass is 79.9. The number of non-ortho nitro benzene ring substituents is 1. The molecule has 3 aromatic carbocycles. The van der Waals surface area contributed by atoms with Gasteiger partial charge < -0.3 is 0 Å². The first-order chi connectivity index (χ1) is 14.9. The summed E-state index contributed by atoms with van der Waals surface area (Å²) in [6.07, 6.45) is 3.27. The van der Waals surface area contributed by atoms with E-state index in [0.717, 1.165) is 15.6 Å². The fraction of sp³-hybridized carbons (Fsp3) is 0.0400. The largest absolute Gasteiger partial charge is 0.289 e. The topological polar surface area (TPSA) is 73.1 Å². The van der Waals surface area contributed by atoms with Gasteiger partial charge in [0, 0.05) is 33.2 Å². The third kappa shape index (κ3) is 4.29. The molecule has 0 bridgehead atoms. The van der Waals surface area contributed by atoms with Crippen molar-refractivity contribution in [3.05, 3.63) is 110 Å². The van der Waals surface area contributed by atoms with Crippen molar-refractivity contribution in [3.63, 3.8) is 0 Å². The highest BCUT2D eigenvalue weighted by Crippen LogP contribution is 2.35. The van der Waals surface area contributed by atoms with Crippen molar-refractivity contribution < 1.29 is 9.72 Å². The van der Waals surface area contributed by atoms with Crippen molar-refractivity contribution >= 4 is 44.4 Å². The predicted molar refractivity (Wildman–Crippen MR) is 126 cm³/mol. The molecule has 0 N–H and O–H groups in total. The zero-order valence-corrected chi connectivity index (χ0v) is 18.2. The Hall–Kier alpha value is -3.64. The first-order valence-electron chi connectivity index (χ1n) is 9.56. The van der Waals surface area contributed by atoms with Crippen LogP contribution in [0.5, 0.6) is 0 Å². The predicted octanol–water partition coefficient (Wildman–Crippen LogP) is 6.78. The number of fused-ring (bicyclic) bond motifs is 1. The average Bonchev–Trinajstić information content (AvgIpc) is 2.77. The van der Waals surface area contributed by atoms with Gasteiger partial charge in [-0.15, -0.1) is 0 Å². The summed E-state index contributed by atoms with van der Waals surface area (Å²) < 4.78 is 0.957. The Morgan fingerprint density at radius 2 is 1.74 bits per heavy atom.